The second-order valence-electron chi connectivity index (χ2n) is 9.22. The van der Waals surface area contributed by atoms with Crippen LogP contribution in [0.25, 0.3) is 0 Å². The maximum absolute atomic E-state index is 2.91. The normalized spacial score (nSPS) is 25.2. The van der Waals surface area contributed by atoms with Crippen LogP contribution in [0.3, 0.4) is 0 Å². The number of rotatable bonds is 6. The Morgan fingerprint density at radius 3 is 0.920 bits per heavy atom. The van der Waals surface area contributed by atoms with Crippen LogP contribution >= 0.6 is 0 Å². The molecule has 0 spiro atoms. The van der Waals surface area contributed by atoms with Gasteiger partial charge in [0.2, 0.25) is 0 Å². The Morgan fingerprint density at radius 2 is 0.680 bits per heavy atom. The lowest BCUT2D eigenvalue weighted by Crippen LogP contribution is -2.66. The van der Waals surface area contributed by atoms with Gasteiger partial charge in [0.1, 0.15) is 0 Å². The zero-order valence-electron chi connectivity index (χ0n) is 17.3. The number of hydrogen-bond donors (Lipinski definition) is 0. The van der Waals surface area contributed by atoms with Crippen LogP contribution in [0.15, 0.2) is 0 Å². The van der Waals surface area contributed by atoms with Gasteiger partial charge in [0.15, 0.2) is 0 Å². The van der Waals surface area contributed by atoms with E-state index in [4.69, 9.17) is 0 Å². The maximum atomic E-state index is 2.91. The molecule has 0 N–H and O–H groups in total. The molecular formula is C21H42AlN3. The van der Waals surface area contributed by atoms with Gasteiger partial charge in [0.05, 0.1) is 0 Å². The van der Waals surface area contributed by atoms with Crippen molar-refractivity contribution in [3.05, 3.63) is 0 Å². The number of nitrogens with zero attached hydrogens (tertiary/aromatic N) is 3. The molecule has 0 bridgehead atoms. The van der Waals surface area contributed by atoms with Crippen molar-refractivity contribution in [1.82, 2.24) is 11.7 Å². The molecular weight excluding hydrogens is 321 g/mol. The van der Waals surface area contributed by atoms with Crippen molar-refractivity contribution in [1.29, 1.82) is 0 Å². The van der Waals surface area contributed by atoms with Gasteiger partial charge in [-0.25, -0.2) is 0 Å². The second kappa shape index (κ2) is 10.1. The standard InChI is InChI=1S/3C7H14N.Al/c3*1-8-7-5-3-2-4-6-7;/h3*7H,2-6H2,1H3;/q3*-1;+3. The summed E-state index contributed by atoms with van der Waals surface area (Å²) in [4.78, 5) is 0. The second-order valence-corrected chi connectivity index (χ2v) is 12.4. The van der Waals surface area contributed by atoms with Crippen LogP contribution in [0, 0.1) is 0 Å². The van der Waals surface area contributed by atoms with Gasteiger partial charge in [0, 0.05) is 0 Å². The van der Waals surface area contributed by atoms with E-state index >= 15 is 0 Å². The summed E-state index contributed by atoms with van der Waals surface area (Å²) in [6, 6.07) is 2.55. The van der Waals surface area contributed by atoms with Crippen LogP contribution in [-0.2, 0) is 0 Å². The quantitative estimate of drug-likeness (QED) is 0.630. The van der Waals surface area contributed by atoms with Crippen molar-refractivity contribution in [3.8, 4) is 0 Å². The fraction of sp³-hybridized carbons (Fsp3) is 1.00. The maximum Gasteiger partial charge on any atom is 0.609 e. The van der Waals surface area contributed by atoms with E-state index in [1.807, 2.05) is 0 Å². The van der Waals surface area contributed by atoms with Crippen molar-refractivity contribution < 1.29 is 0 Å². The molecule has 3 saturated carbocycles. The lowest BCUT2D eigenvalue weighted by atomic mass is 9.96. The highest BCUT2D eigenvalue weighted by molar-refractivity contribution is 6.49. The smallest absolute Gasteiger partial charge is 0.357 e. The van der Waals surface area contributed by atoms with Crippen LogP contribution in [-0.4, -0.2) is 65.7 Å². The highest BCUT2D eigenvalue weighted by Crippen LogP contribution is 2.30. The first-order valence-corrected chi connectivity index (χ1v) is 12.9. The van der Waals surface area contributed by atoms with Gasteiger partial charge in [-0.15, -0.1) is 0 Å². The lowest BCUT2D eigenvalue weighted by Gasteiger charge is -2.47. The zero-order chi connectivity index (χ0) is 17.6. The highest BCUT2D eigenvalue weighted by atomic mass is 27.2. The third-order valence-electron chi connectivity index (χ3n) is 7.54. The van der Waals surface area contributed by atoms with Crippen LogP contribution in [0.1, 0.15) is 96.3 Å². The molecule has 3 rings (SSSR count). The van der Waals surface area contributed by atoms with E-state index in [9.17, 15) is 0 Å². The molecule has 4 heteroatoms. The monoisotopic (exact) mass is 363 g/mol. The summed E-state index contributed by atoms with van der Waals surface area (Å²) in [5.41, 5.74) is 0. The summed E-state index contributed by atoms with van der Waals surface area (Å²) in [6.45, 7) is 0. The summed E-state index contributed by atoms with van der Waals surface area (Å²) in [7, 11) is 7.47. The van der Waals surface area contributed by atoms with E-state index in [0.29, 0.717) is 0 Å². The molecule has 0 atom stereocenters. The Kier molecular flexibility index (Phi) is 8.14. The Hall–Kier alpha value is 0.412. The molecule has 0 aromatic carbocycles. The first-order chi connectivity index (χ1) is 12.2. The molecule has 25 heavy (non-hydrogen) atoms. The molecule has 144 valence electrons. The van der Waals surface area contributed by atoms with Crippen LogP contribution < -0.4 is 0 Å². The molecule has 3 aliphatic carbocycles. The summed E-state index contributed by atoms with van der Waals surface area (Å²) in [5.74, 6) is 0. The molecule has 0 saturated heterocycles. The molecule has 3 fully saturated rings. The molecule has 3 nitrogen and oxygen atoms in total. The minimum Gasteiger partial charge on any atom is -0.357 e. The van der Waals surface area contributed by atoms with Crippen LogP contribution in [0.2, 0.25) is 0 Å². The van der Waals surface area contributed by atoms with E-state index in [1.165, 1.54) is 96.3 Å². The van der Waals surface area contributed by atoms with E-state index in [-0.39, 0.29) is 0 Å². The van der Waals surface area contributed by atoms with Crippen LogP contribution in [0.4, 0.5) is 0 Å². The van der Waals surface area contributed by atoms with Gasteiger partial charge < -0.3 is 11.7 Å². The van der Waals surface area contributed by atoms with E-state index < -0.39 is 14.8 Å². The van der Waals surface area contributed by atoms with Gasteiger partial charge in [-0.1, -0.05) is 57.8 Å². The molecule has 0 radical (unpaired) electrons. The lowest BCUT2D eigenvalue weighted by molar-refractivity contribution is 0.174. The third-order valence-corrected chi connectivity index (χ3v) is 11.0. The average Bonchev–Trinajstić information content (AvgIpc) is 2.70. The highest BCUT2D eigenvalue weighted by Gasteiger charge is 2.44. The zero-order valence-corrected chi connectivity index (χ0v) is 18.4. The van der Waals surface area contributed by atoms with Crippen LogP contribution in [0.5, 0.6) is 0 Å². The third kappa shape index (κ3) is 5.23. The van der Waals surface area contributed by atoms with Crippen molar-refractivity contribution in [2.75, 3.05) is 21.1 Å². The fourth-order valence-corrected chi connectivity index (χ4v) is 9.64. The van der Waals surface area contributed by atoms with E-state index in [0.717, 1.165) is 18.1 Å². The van der Waals surface area contributed by atoms with Gasteiger partial charge >= 0.3 is 14.8 Å². The predicted octanol–water partition coefficient (Wildman–Crippen LogP) is 4.76. The van der Waals surface area contributed by atoms with Crippen molar-refractivity contribution in [2.24, 2.45) is 0 Å². The Labute approximate surface area is 162 Å². The summed E-state index contributed by atoms with van der Waals surface area (Å²) < 4.78 is 8.72. The van der Waals surface area contributed by atoms with Crippen molar-refractivity contribution in [2.45, 2.75) is 114 Å². The molecule has 0 heterocycles. The van der Waals surface area contributed by atoms with E-state index in [2.05, 4.69) is 32.8 Å². The van der Waals surface area contributed by atoms with E-state index in [1.54, 1.807) is 0 Å². The van der Waals surface area contributed by atoms with Crippen molar-refractivity contribution in [3.63, 3.8) is 0 Å². The largest absolute Gasteiger partial charge is 0.609 e. The minimum atomic E-state index is -1.24. The first-order valence-electron chi connectivity index (χ1n) is 11.3. The van der Waals surface area contributed by atoms with Crippen molar-refractivity contribution >= 4 is 14.8 Å². The molecule has 0 unspecified atom stereocenters. The first kappa shape index (κ1) is 20.2. The summed E-state index contributed by atoms with van der Waals surface area (Å²) in [6.07, 6.45) is 21.8. The molecule has 0 aliphatic heterocycles. The Balaban J connectivity index is 1.73. The Bertz CT molecular complexity index is 316. The van der Waals surface area contributed by atoms with Gasteiger partial charge in [0.25, 0.3) is 0 Å². The fourth-order valence-electron chi connectivity index (χ4n) is 5.89. The number of hydrogen-bond acceptors (Lipinski definition) is 3. The van der Waals surface area contributed by atoms with Gasteiger partial charge in [-0.2, -0.15) is 0 Å². The van der Waals surface area contributed by atoms with Gasteiger partial charge in [-0.3, -0.25) is 0 Å². The summed E-state index contributed by atoms with van der Waals surface area (Å²) in [5, 5.41) is 0. The SMILES string of the molecule is C[N](C1CCCCC1)[Al]([N](C)C1CCCCC1)[N](C)C1CCCCC1. The molecule has 3 aliphatic rings. The summed E-state index contributed by atoms with van der Waals surface area (Å²) >= 11 is -1.24. The predicted molar refractivity (Wildman–Crippen MR) is 110 cm³/mol. The molecule has 0 amide bonds. The molecule has 0 aromatic heterocycles. The van der Waals surface area contributed by atoms with Gasteiger partial charge in [-0.05, 0) is 77.8 Å². The topological polar surface area (TPSA) is 9.72 Å². The minimum absolute atomic E-state index is 0.850. The Morgan fingerprint density at radius 1 is 0.440 bits per heavy atom. The average molecular weight is 364 g/mol. The molecule has 0 aromatic rings.